The Morgan fingerprint density at radius 2 is 1.69 bits per heavy atom. The van der Waals surface area contributed by atoms with Crippen LogP contribution in [0.5, 0.6) is 0 Å². The molecule has 3 fully saturated rings. The van der Waals surface area contributed by atoms with E-state index in [9.17, 15) is 47.9 Å². The third-order valence-corrected chi connectivity index (χ3v) is 16.4. The summed E-state index contributed by atoms with van der Waals surface area (Å²) in [5, 5.41) is 75.4. The molecular formula is C53H84F4N8O12. The van der Waals surface area contributed by atoms with Gasteiger partial charge in [-0.3, -0.25) is 4.79 Å². The average molecular weight is 1100 g/mol. The Morgan fingerprint density at radius 1 is 0.987 bits per heavy atom. The maximum absolute atomic E-state index is 14.6. The quantitative estimate of drug-likeness (QED) is 0.104. The van der Waals surface area contributed by atoms with Crippen molar-refractivity contribution in [1.29, 1.82) is 0 Å². The Kier molecular flexibility index (Phi) is 20.5. The SMILES string of the molecule is CC[C@H]1OC(=O)[C@H](C)[C@@H](O[C@H]2C[C@@](C)(OC)[C@@H](O)[C@H](C)O2)[C@H](C)[C@@H](O[C@@H]2O[C@H](C)C[C@H](N(C)CCc3cn([C@H](CF)Cc4ccc(-n5ccnn5)c(C(F)(F)F)c4)nn3)[C@H]2O)[C@](C)(O)C[C@@H](C)CN(C)[C@H](C)[C@@H](O)[C@]1(C)O. The van der Waals surface area contributed by atoms with Gasteiger partial charge in [0.25, 0.3) is 0 Å². The van der Waals surface area contributed by atoms with Gasteiger partial charge in [0.2, 0.25) is 0 Å². The van der Waals surface area contributed by atoms with E-state index in [1.54, 1.807) is 61.7 Å². The van der Waals surface area contributed by atoms with Gasteiger partial charge in [0.1, 0.15) is 36.7 Å². The predicted octanol–water partition coefficient (Wildman–Crippen LogP) is 4.46. The Bertz CT molecular complexity index is 2350. The molecular weight excluding hydrogens is 1020 g/mol. The number of alkyl halides is 4. The van der Waals surface area contributed by atoms with Gasteiger partial charge >= 0.3 is 12.1 Å². The van der Waals surface area contributed by atoms with Gasteiger partial charge < -0.3 is 63.8 Å². The lowest BCUT2D eigenvalue weighted by Gasteiger charge is -2.49. The van der Waals surface area contributed by atoms with Crippen molar-refractivity contribution in [1.82, 2.24) is 39.8 Å². The minimum atomic E-state index is -4.72. The molecule has 2 aromatic heterocycles. The number of carbonyl (C=O) groups is 1. The summed E-state index contributed by atoms with van der Waals surface area (Å²) < 4.78 is 97.6. The Morgan fingerprint density at radius 3 is 2.31 bits per heavy atom. The van der Waals surface area contributed by atoms with Gasteiger partial charge in [0, 0.05) is 57.2 Å². The highest BCUT2D eigenvalue weighted by Crippen LogP contribution is 2.41. The molecule has 0 bridgehead atoms. The zero-order chi connectivity index (χ0) is 57.1. The first-order valence-corrected chi connectivity index (χ1v) is 26.8. The van der Waals surface area contributed by atoms with Gasteiger partial charge in [-0.25, -0.2) is 13.8 Å². The molecule has 3 aliphatic rings. The van der Waals surface area contributed by atoms with Crippen LogP contribution in [-0.4, -0.2) is 203 Å². The fraction of sp³-hybridized carbons (Fsp3) is 0.792. The van der Waals surface area contributed by atoms with Gasteiger partial charge in [-0.05, 0) is 112 Å². The molecule has 3 aromatic rings. The average Bonchev–Trinajstić information content (AvgIpc) is 4.09. The lowest BCUT2D eigenvalue weighted by Crippen LogP contribution is -2.61. The van der Waals surface area contributed by atoms with Crippen molar-refractivity contribution in [3.8, 4) is 5.69 Å². The van der Waals surface area contributed by atoms with E-state index in [1.807, 2.05) is 30.7 Å². The van der Waals surface area contributed by atoms with Crippen LogP contribution in [0.3, 0.4) is 0 Å². The monoisotopic (exact) mass is 1100 g/mol. The molecule has 0 radical (unpaired) electrons. The van der Waals surface area contributed by atoms with Crippen LogP contribution in [-0.2, 0) is 52.2 Å². The van der Waals surface area contributed by atoms with E-state index in [4.69, 9.17) is 28.4 Å². The topological polar surface area (TPSA) is 242 Å². The lowest BCUT2D eigenvalue weighted by atomic mass is 9.77. The number of esters is 1. The van der Waals surface area contributed by atoms with Gasteiger partial charge in [0.15, 0.2) is 12.6 Å². The van der Waals surface area contributed by atoms with Crippen molar-refractivity contribution < 1.29 is 76.3 Å². The number of nitrogens with zero attached hydrogens (tertiary/aromatic N) is 8. The molecule has 3 saturated heterocycles. The molecule has 0 amide bonds. The predicted molar refractivity (Wildman–Crippen MR) is 272 cm³/mol. The molecule has 0 spiro atoms. The van der Waals surface area contributed by atoms with Crippen LogP contribution in [0.25, 0.3) is 5.69 Å². The summed E-state index contributed by atoms with van der Waals surface area (Å²) in [4.78, 5) is 18.3. The number of benzene rings is 1. The van der Waals surface area contributed by atoms with Crippen LogP contribution in [0.4, 0.5) is 17.6 Å². The van der Waals surface area contributed by atoms with Gasteiger partial charge in [-0.1, -0.05) is 37.3 Å². The third-order valence-electron chi connectivity index (χ3n) is 16.4. The van der Waals surface area contributed by atoms with Crippen LogP contribution in [0.15, 0.2) is 36.8 Å². The number of aliphatic hydroxyl groups is 5. The molecule has 6 rings (SSSR count). The minimum absolute atomic E-state index is 0.0528. The summed E-state index contributed by atoms with van der Waals surface area (Å²) >= 11 is 0. The second-order valence-corrected chi connectivity index (χ2v) is 22.8. The van der Waals surface area contributed by atoms with Crippen LogP contribution >= 0.6 is 0 Å². The molecule has 436 valence electrons. The first-order valence-electron chi connectivity index (χ1n) is 26.8. The van der Waals surface area contributed by atoms with Crippen molar-refractivity contribution in [2.75, 3.05) is 41.0 Å². The van der Waals surface area contributed by atoms with Crippen LogP contribution in [0.2, 0.25) is 0 Å². The number of carbonyl (C=O) groups excluding carboxylic acids is 1. The van der Waals surface area contributed by atoms with E-state index in [0.717, 1.165) is 10.7 Å². The summed E-state index contributed by atoms with van der Waals surface area (Å²) in [5.41, 5.74) is -5.15. The molecule has 19 atom stereocenters. The fourth-order valence-corrected chi connectivity index (χ4v) is 11.7. The van der Waals surface area contributed by atoms with E-state index < -0.39 is 133 Å². The second kappa shape index (κ2) is 25.3. The van der Waals surface area contributed by atoms with E-state index >= 15 is 0 Å². The normalized spacial score (nSPS) is 38.0. The lowest BCUT2D eigenvalue weighted by molar-refractivity contribution is -0.318. The standard InChI is InChI=1S/C53H84F4N8O12/c1-14-41-52(10,71)45(67)33(6)63(12)27-29(2)24-50(8,70)47(31(4)44(32(5)48(69)75-41)76-42-25-51(9,72-13)46(68)34(7)74-42)77-49-43(66)40(21-30(3)73-49)62(11)19-17-36-28-65(61-59-36)37(26-54)22-35-15-16-39(64-20-18-58-60-64)38(23-35)53(55,56)57/h15-16,18,20,23,28-34,37,40-47,49,66-68,70-71H,14,17,19,21-22,24-27H2,1-13H3/t29-,30-,31+,32-,33-,34+,37+,40+,41-,42+,43-,44+,45-,46+,47-,49+,50-,51-,52-/m1/s1. The molecule has 5 N–H and O–H groups in total. The van der Waals surface area contributed by atoms with Gasteiger partial charge in [-0.2, -0.15) is 13.2 Å². The third kappa shape index (κ3) is 14.4. The first kappa shape index (κ1) is 62.4. The van der Waals surface area contributed by atoms with E-state index in [0.29, 0.717) is 31.6 Å². The molecule has 20 nitrogen and oxygen atoms in total. The maximum Gasteiger partial charge on any atom is 0.418 e. The largest absolute Gasteiger partial charge is 0.459 e. The number of aliphatic hydroxyl groups excluding tert-OH is 3. The Balaban J connectivity index is 1.25. The number of methoxy groups -OCH3 is 1. The van der Waals surface area contributed by atoms with Crippen molar-refractivity contribution in [3.63, 3.8) is 0 Å². The minimum Gasteiger partial charge on any atom is -0.459 e. The highest BCUT2D eigenvalue weighted by atomic mass is 19.4. The van der Waals surface area contributed by atoms with Gasteiger partial charge in [0.05, 0.1) is 76.9 Å². The number of cyclic esters (lactones) is 1. The highest BCUT2D eigenvalue weighted by Gasteiger charge is 2.53. The molecule has 3 aliphatic heterocycles. The van der Waals surface area contributed by atoms with Crippen LogP contribution in [0.1, 0.15) is 118 Å². The molecule has 0 unspecified atom stereocenters. The number of hydrogen-bond donors (Lipinski definition) is 5. The van der Waals surface area contributed by atoms with Crippen molar-refractivity contribution in [3.05, 3.63) is 53.6 Å². The Hall–Kier alpha value is -3.79. The zero-order valence-electron chi connectivity index (χ0n) is 46.7. The summed E-state index contributed by atoms with van der Waals surface area (Å²) in [7, 11) is 5.08. The van der Waals surface area contributed by atoms with Gasteiger partial charge in [-0.15, -0.1) is 10.2 Å². The van der Waals surface area contributed by atoms with Crippen molar-refractivity contribution >= 4 is 5.97 Å². The Labute approximate surface area is 449 Å². The summed E-state index contributed by atoms with van der Waals surface area (Å²) in [6.07, 6.45) is -10.5. The van der Waals surface area contributed by atoms with E-state index in [-0.39, 0.29) is 42.9 Å². The number of hydrogen-bond acceptors (Lipinski definition) is 18. The number of aromatic nitrogens is 6. The molecule has 1 aromatic carbocycles. The van der Waals surface area contributed by atoms with Crippen molar-refractivity contribution in [2.24, 2.45) is 17.8 Å². The molecule has 5 heterocycles. The fourth-order valence-electron chi connectivity index (χ4n) is 11.7. The number of rotatable bonds is 15. The maximum atomic E-state index is 14.6. The molecule has 77 heavy (non-hydrogen) atoms. The first-order chi connectivity index (χ1) is 36.0. The molecule has 0 saturated carbocycles. The zero-order valence-corrected chi connectivity index (χ0v) is 46.7. The molecule has 24 heteroatoms. The number of halogens is 4. The summed E-state index contributed by atoms with van der Waals surface area (Å²) in [6.45, 7) is 16.9. The smallest absolute Gasteiger partial charge is 0.418 e. The van der Waals surface area contributed by atoms with E-state index in [1.165, 1.54) is 43.2 Å². The summed E-state index contributed by atoms with van der Waals surface area (Å²) in [6, 6.07) is 1.57. The van der Waals surface area contributed by atoms with Crippen LogP contribution in [0, 0.1) is 17.8 Å². The second-order valence-electron chi connectivity index (χ2n) is 22.8. The number of likely N-dealkylation sites (N-methyl/N-ethyl adjacent to an activating group) is 2. The van der Waals surface area contributed by atoms with Crippen molar-refractivity contribution in [2.45, 2.75) is 210 Å². The number of ether oxygens (including phenoxy) is 6. The van der Waals surface area contributed by atoms with Crippen LogP contribution < -0.4 is 0 Å². The molecule has 0 aliphatic carbocycles. The summed E-state index contributed by atoms with van der Waals surface area (Å²) in [5.74, 6) is -3.03. The van der Waals surface area contributed by atoms with E-state index in [2.05, 4.69) is 20.6 Å². The highest BCUT2D eigenvalue weighted by molar-refractivity contribution is 5.73.